The van der Waals surface area contributed by atoms with Crippen LogP contribution in [0.2, 0.25) is 0 Å². The van der Waals surface area contributed by atoms with Crippen LogP contribution in [0.3, 0.4) is 0 Å². The predicted molar refractivity (Wildman–Crippen MR) is 36.1 cm³/mol. The largest absolute Gasteiger partial charge is 0.327 e. The molecule has 0 fully saturated rings. The summed E-state index contributed by atoms with van der Waals surface area (Å²) in [6.07, 6.45) is 1.52. The first-order chi connectivity index (χ1) is 2.77. The van der Waals surface area contributed by atoms with E-state index in [4.69, 9.17) is 28.9 Å². The molecule has 44 valence electrons. The molecule has 0 aromatic rings. The van der Waals surface area contributed by atoms with Crippen LogP contribution in [0.5, 0.6) is 0 Å². The lowest BCUT2D eigenvalue weighted by atomic mass is 10.7. The molecule has 7 heavy (non-hydrogen) atoms. The van der Waals surface area contributed by atoms with Crippen molar-refractivity contribution < 1.29 is 0 Å². The number of hydrogen-bond donors (Lipinski definition) is 1. The third-order valence-electron chi connectivity index (χ3n) is 0.272. The summed E-state index contributed by atoms with van der Waals surface area (Å²) in [5.41, 5.74) is 4.98. The van der Waals surface area contributed by atoms with Crippen molar-refractivity contribution in [1.82, 2.24) is 0 Å². The predicted octanol–water partition coefficient (Wildman–Crippen LogP) is 1.69. The minimum absolute atomic E-state index is 0. The van der Waals surface area contributed by atoms with E-state index >= 15 is 0 Å². The number of nitrogens with two attached hydrogens (primary N) is 1. The van der Waals surface area contributed by atoms with Gasteiger partial charge in [0.15, 0.2) is 0 Å². The van der Waals surface area contributed by atoms with Crippen molar-refractivity contribution in [3.63, 3.8) is 0 Å². The van der Waals surface area contributed by atoms with Crippen LogP contribution in [0, 0.1) is 0 Å². The molecule has 0 saturated heterocycles. The van der Waals surface area contributed by atoms with E-state index in [9.17, 15) is 0 Å². The van der Waals surface area contributed by atoms with E-state index in [1.165, 1.54) is 6.08 Å². The highest BCUT2D eigenvalue weighted by molar-refractivity contribution is 6.55. The molecule has 0 aromatic heterocycles. The molecule has 0 unspecified atom stereocenters. The molecule has 4 heteroatoms. The maximum absolute atomic E-state index is 5.12. The molecule has 0 aliphatic heterocycles. The van der Waals surface area contributed by atoms with E-state index in [0.717, 1.165) is 0 Å². The Morgan fingerprint density at radius 3 is 2.00 bits per heavy atom. The second-order valence-electron chi connectivity index (χ2n) is 0.729. The van der Waals surface area contributed by atoms with Crippen molar-refractivity contribution in [2.45, 2.75) is 0 Å². The smallest absolute Gasteiger partial charge is 0.104 e. The molecule has 0 atom stereocenters. The van der Waals surface area contributed by atoms with Crippen molar-refractivity contribution in [2.24, 2.45) is 5.73 Å². The highest BCUT2D eigenvalue weighted by Gasteiger charge is 1.73. The van der Waals surface area contributed by atoms with E-state index in [1.54, 1.807) is 0 Å². The van der Waals surface area contributed by atoms with E-state index in [1.807, 2.05) is 0 Å². The average Bonchev–Trinajstić information content (AvgIpc) is 1.35. The van der Waals surface area contributed by atoms with Gasteiger partial charge >= 0.3 is 0 Å². The summed E-state index contributed by atoms with van der Waals surface area (Å²) in [6.45, 7) is 0.405. The van der Waals surface area contributed by atoms with Gasteiger partial charge in [0.2, 0.25) is 0 Å². The molecular weight excluding hydrogens is 156 g/mol. The van der Waals surface area contributed by atoms with Crippen molar-refractivity contribution in [3.05, 3.63) is 10.6 Å². The van der Waals surface area contributed by atoms with Gasteiger partial charge in [-0.25, -0.2) is 0 Å². The molecule has 0 bridgehead atoms. The van der Waals surface area contributed by atoms with Crippen molar-refractivity contribution >= 4 is 35.6 Å². The van der Waals surface area contributed by atoms with E-state index in [2.05, 4.69) is 0 Å². The second-order valence-corrected chi connectivity index (χ2v) is 1.74. The number of hydrogen-bond acceptors (Lipinski definition) is 1. The van der Waals surface area contributed by atoms with Gasteiger partial charge in [-0.1, -0.05) is 23.2 Å². The monoisotopic (exact) mass is 161 g/mol. The first-order valence-corrected chi connectivity index (χ1v) is 2.24. The Hall–Kier alpha value is 0.570. The second kappa shape index (κ2) is 6.57. The van der Waals surface area contributed by atoms with E-state index in [0.29, 0.717) is 6.54 Å². The van der Waals surface area contributed by atoms with Crippen molar-refractivity contribution in [1.29, 1.82) is 0 Å². The lowest BCUT2D eigenvalue weighted by Gasteiger charge is -1.75. The Morgan fingerprint density at radius 2 is 2.00 bits per heavy atom. The summed E-state index contributed by atoms with van der Waals surface area (Å²) in [4.78, 5) is 0. The number of halogens is 3. The van der Waals surface area contributed by atoms with E-state index < -0.39 is 0 Å². The van der Waals surface area contributed by atoms with Gasteiger partial charge in [0.1, 0.15) is 4.49 Å². The molecule has 0 spiro atoms. The third kappa shape index (κ3) is 10.8. The molecule has 2 N–H and O–H groups in total. The van der Waals surface area contributed by atoms with E-state index in [-0.39, 0.29) is 16.9 Å². The van der Waals surface area contributed by atoms with Gasteiger partial charge in [0, 0.05) is 6.54 Å². The van der Waals surface area contributed by atoms with Crippen LogP contribution in [0.4, 0.5) is 0 Å². The summed E-state index contributed by atoms with van der Waals surface area (Å²) >= 11 is 10.2. The first-order valence-electron chi connectivity index (χ1n) is 1.48. The van der Waals surface area contributed by atoms with Crippen LogP contribution in [0.1, 0.15) is 0 Å². The Kier molecular flexibility index (Phi) is 9.89. The fourth-order valence-corrected chi connectivity index (χ4v) is 0.267. The zero-order valence-electron chi connectivity index (χ0n) is 3.53. The maximum atomic E-state index is 5.12. The lowest BCUT2D eigenvalue weighted by Crippen LogP contribution is -1.91. The van der Waals surface area contributed by atoms with Gasteiger partial charge in [-0.05, 0) is 6.08 Å². The van der Waals surface area contributed by atoms with Crippen molar-refractivity contribution in [2.75, 3.05) is 6.54 Å². The van der Waals surface area contributed by atoms with Gasteiger partial charge in [0.25, 0.3) is 0 Å². The topological polar surface area (TPSA) is 26.0 Å². The zero-order chi connectivity index (χ0) is 4.99. The molecular formula is C3H6Cl3N. The van der Waals surface area contributed by atoms with Gasteiger partial charge in [0.05, 0.1) is 0 Å². The summed E-state index contributed by atoms with van der Waals surface area (Å²) < 4.78 is 0.234. The zero-order valence-corrected chi connectivity index (χ0v) is 5.85. The molecule has 0 saturated carbocycles. The van der Waals surface area contributed by atoms with Gasteiger partial charge in [-0.15, -0.1) is 12.4 Å². The molecule has 0 radical (unpaired) electrons. The Labute approximate surface area is 58.9 Å². The van der Waals surface area contributed by atoms with Gasteiger partial charge in [-0.2, -0.15) is 0 Å². The first kappa shape index (κ1) is 10.5. The summed E-state index contributed by atoms with van der Waals surface area (Å²) in [6, 6.07) is 0. The summed E-state index contributed by atoms with van der Waals surface area (Å²) in [5, 5.41) is 0. The SMILES string of the molecule is Cl.NCC=C(Cl)Cl. The maximum Gasteiger partial charge on any atom is 0.104 e. The highest BCUT2D eigenvalue weighted by Crippen LogP contribution is 2.03. The van der Waals surface area contributed by atoms with Crippen LogP contribution in [-0.2, 0) is 0 Å². The van der Waals surface area contributed by atoms with Crippen LogP contribution < -0.4 is 5.73 Å². The molecule has 0 heterocycles. The Balaban J connectivity index is 0. The fourth-order valence-electron chi connectivity index (χ4n) is 0.0891. The standard InChI is InChI=1S/C3H5Cl2N.ClH/c4-3(5)1-2-6;/h1H,2,6H2;1H. The minimum Gasteiger partial charge on any atom is -0.327 e. The highest BCUT2D eigenvalue weighted by atomic mass is 35.5. The molecule has 0 rings (SSSR count). The quantitative estimate of drug-likeness (QED) is 0.624. The average molecular weight is 162 g/mol. The summed E-state index contributed by atoms with van der Waals surface area (Å²) in [5.74, 6) is 0. The van der Waals surface area contributed by atoms with Crippen LogP contribution in [0.15, 0.2) is 10.6 Å². The lowest BCUT2D eigenvalue weighted by molar-refractivity contribution is 1.26. The summed E-state index contributed by atoms with van der Waals surface area (Å²) in [7, 11) is 0. The van der Waals surface area contributed by atoms with Crippen LogP contribution >= 0.6 is 35.6 Å². The third-order valence-corrected chi connectivity index (χ3v) is 0.581. The Morgan fingerprint density at radius 1 is 1.57 bits per heavy atom. The fraction of sp³-hybridized carbons (Fsp3) is 0.333. The normalized spacial score (nSPS) is 6.71. The molecule has 1 nitrogen and oxygen atoms in total. The Bertz CT molecular complexity index is 57.2. The van der Waals surface area contributed by atoms with Crippen molar-refractivity contribution in [3.8, 4) is 0 Å². The van der Waals surface area contributed by atoms with Crippen LogP contribution in [-0.4, -0.2) is 6.54 Å². The van der Waals surface area contributed by atoms with Gasteiger partial charge in [-0.3, -0.25) is 0 Å². The van der Waals surface area contributed by atoms with Gasteiger partial charge < -0.3 is 5.73 Å². The molecule has 0 amide bonds. The minimum atomic E-state index is 0. The molecule has 0 aliphatic carbocycles. The molecule has 0 aromatic carbocycles. The van der Waals surface area contributed by atoms with Crippen LogP contribution in [0.25, 0.3) is 0 Å². The number of rotatable bonds is 1. The molecule has 0 aliphatic rings.